The molecule has 7 heteroatoms. The van der Waals surface area contributed by atoms with Crippen molar-refractivity contribution in [3.63, 3.8) is 0 Å². The zero-order valence-corrected chi connectivity index (χ0v) is 15.1. The molecule has 0 radical (unpaired) electrons. The summed E-state index contributed by atoms with van der Waals surface area (Å²) in [6.45, 7) is 1.30. The van der Waals surface area contributed by atoms with Crippen molar-refractivity contribution in [1.29, 1.82) is 0 Å². The Morgan fingerprint density at radius 2 is 1.68 bits per heavy atom. The van der Waals surface area contributed by atoms with Gasteiger partial charge >= 0.3 is 6.18 Å². The molecule has 1 N–H and O–H groups in total. The van der Waals surface area contributed by atoms with Crippen LogP contribution in [0.4, 0.5) is 17.6 Å². The summed E-state index contributed by atoms with van der Waals surface area (Å²) >= 11 is 0. The first kappa shape index (κ1) is 19.8. The topological polar surface area (TPSA) is 42.0 Å². The molecular formula is C21H18F4N2O. The number of nitrogens with one attached hydrogen (secondary N) is 1. The van der Waals surface area contributed by atoms with Gasteiger partial charge in [-0.3, -0.25) is 4.79 Å². The molecule has 0 fully saturated rings. The maximum absolute atomic E-state index is 14.3. The predicted molar refractivity (Wildman–Crippen MR) is 98.4 cm³/mol. The summed E-state index contributed by atoms with van der Waals surface area (Å²) in [6.07, 6.45) is -5.80. The fourth-order valence-electron chi connectivity index (χ4n) is 3.23. The summed E-state index contributed by atoms with van der Waals surface area (Å²) in [5, 5.41) is 2.90. The lowest BCUT2D eigenvalue weighted by Gasteiger charge is -2.32. The summed E-state index contributed by atoms with van der Waals surface area (Å²) in [7, 11) is 0. The number of para-hydroxylation sites is 1. The van der Waals surface area contributed by atoms with E-state index in [1.165, 1.54) is 13.0 Å². The Balaban J connectivity index is 1.91. The second kappa shape index (κ2) is 7.58. The summed E-state index contributed by atoms with van der Waals surface area (Å²) in [5.74, 6) is -1.95. The van der Waals surface area contributed by atoms with Crippen molar-refractivity contribution in [3.8, 4) is 0 Å². The van der Waals surface area contributed by atoms with E-state index in [4.69, 9.17) is 0 Å². The number of benzene rings is 2. The Bertz CT molecular complexity index is 989. The van der Waals surface area contributed by atoms with E-state index in [0.717, 1.165) is 0 Å². The smallest absolute Gasteiger partial charge is 0.346 e. The minimum absolute atomic E-state index is 0.0539. The Morgan fingerprint density at radius 3 is 2.36 bits per heavy atom. The molecule has 0 aliphatic rings. The summed E-state index contributed by atoms with van der Waals surface area (Å²) in [4.78, 5) is 16.4. The van der Waals surface area contributed by atoms with Gasteiger partial charge in [0.1, 0.15) is 0 Å². The van der Waals surface area contributed by atoms with Crippen LogP contribution in [0.2, 0.25) is 0 Å². The average molecular weight is 390 g/mol. The first-order valence-corrected chi connectivity index (χ1v) is 8.64. The minimum atomic E-state index is -4.50. The summed E-state index contributed by atoms with van der Waals surface area (Å²) < 4.78 is 53.8. The molecule has 3 nitrogen and oxygen atoms in total. The molecule has 1 atom stereocenters. The van der Waals surface area contributed by atoms with Crippen molar-refractivity contribution in [3.05, 3.63) is 77.7 Å². The highest BCUT2D eigenvalue weighted by Gasteiger charge is 2.41. The first-order valence-electron chi connectivity index (χ1n) is 8.64. The van der Waals surface area contributed by atoms with E-state index in [1.54, 1.807) is 54.6 Å². The molecule has 1 amide bonds. The van der Waals surface area contributed by atoms with Crippen LogP contribution < -0.4 is 5.32 Å². The molecule has 0 aliphatic heterocycles. The molecule has 1 aromatic heterocycles. The Labute approximate surface area is 159 Å². The number of pyridine rings is 1. The molecule has 0 saturated heterocycles. The van der Waals surface area contributed by atoms with Gasteiger partial charge in [0.15, 0.2) is 0 Å². The van der Waals surface area contributed by atoms with Crippen molar-refractivity contribution < 1.29 is 22.4 Å². The Hall–Kier alpha value is -2.96. The van der Waals surface area contributed by atoms with E-state index >= 15 is 0 Å². The number of carbonyl (C=O) groups is 1. The van der Waals surface area contributed by atoms with Crippen LogP contribution in [0.1, 0.15) is 29.3 Å². The van der Waals surface area contributed by atoms with Gasteiger partial charge < -0.3 is 5.32 Å². The number of amides is 1. The molecule has 146 valence electrons. The van der Waals surface area contributed by atoms with E-state index in [9.17, 15) is 22.4 Å². The highest BCUT2D eigenvalue weighted by Crippen LogP contribution is 2.30. The third kappa shape index (κ3) is 4.85. The largest absolute Gasteiger partial charge is 0.391 e. The molecule has 0 spiro atoms. The van der Waals surface area contributed by atoms with Crippen LogP contribution in [0.3, 0.4) is 0 Å². The third-order valence-electron chi connectivity index (χ3n) is 4.37. The molecule has 0 aliphatic carbocycles. The number of halogens is 4. The molecule has 1 heterocycles. The van der Waals surface area contributed by atoms with E-state index in [-0.39, 0.29) is 12.0 Å². The van der Waals surface area contributed by atoms with Crippen LogP contribution >= 0.6 is 0 Å². The number of carbonyl (C=O) groups excluding carboxylic acids is 1. The van der Waals surface area contributed by atoms with Gasteiger partial charge in [0.2, 0.25) is 5.95 Å². The average Bonchev–Trinajstić information content (AvgIpc) is 2.59. The van der Waals surface area contributed by atoms with Crippen LogP contribution in [0, 0.1) is 5.95 Å². The molecule has 3 aromatic rings. The van der Waals surface area contributed by atoms with Crippen molar-refractivity contribution in [2.75, 3.05) is 0 Å². The number of alkyl halides is 3. The third-order valence-corrected chi connectivity index (χ3v) is 4.37. The SMILES string of the molecule is C[C@](Cc1ccccc1)(CC(F)(F)F)NC(=O)c1cc2ccccc2nc1F. The van der Waals surface area contributed by atoms with Gasteiger partial charge in [0.05, 0.1) is 23.0 Å². The molecule has 28 heavy (non-hydrogen) atoms. The van der Waals surface area contributed by atoms with Crippen LogP contribution in [0.5, 0.6) is 0 Å². The van der Waals surface area contributed by atoms with Crippen molar-refractivity contribution in [2.24, 2.45) is 0 Å². The van der Waals surface area contributed by atoms with Crippen LogP contribution in [0.25, 0.3) is 10.9 Å². The quantitative estimate of drug-likeness (QED) is 0.489. The van der Waals surface area contributed by atoms with Gasteiger partial charge in [-0.15, -0.1) is 0 Å². The Morgan fingerprint density at radius 1 is 1.04 bits per heavy atom. The minimum Gasteiger partial charge on any atom is -0.346 e. The van der Waals surface area contributed by atoms with Crippen molar-refractivity contribution >= 4 is 16.8 Å². The van der Waals surface area contributed by atoms with Gasteiger partial charge in [-0.25, -0.2) is 4.98 Å². The standard InChI is InChI=1S/C21H18F4N2O/c1-20(13-21(23,24)25,12-14-7-3-2-4-8-14)27-19(28)16-11-15-9-5-6-10-17(15)26-18(16)22/h2-11H,12-13H2,1H3,(H,27,28)/t20-/m0/s1. The number of hydrogen-bond acceptors (Lipinski definition) is 2. The van der Waals surface area contributed by atoms with Crippen molar-refractivity contribution in [1.82, 2.24) is 10.3 Å². The van der Waals surface area contributed by atoms with Gasteiger partial charge in [-0.2, -0.15) is 17.6 Å². The van der Waals surface area contributed by atoms with Crippen molar-refractivity contribution in [2.45, 2.75) is 31.5 Å². The summed E-state index contributed by atoms with van der Waals surface area (Å²) in [6, 6.07) is 16.4. The molecule has 0 unspecified atom stereocenters. The lowest BCUT2D eigenvalue weighted by Crippen LogP contribution is -2.50. The number of fused-ring (bicyclic) bond motifs is 1. The number of nitrogens with zero attached hydrogens (tertiary/aromatic N) is 1. The van der Waals surface area contributed by atoms with E-state index in [2.05, 4.69) is 10.3 Å². The number of hydrogen-bond donors (Lipinski definition) is 1. The zero-order chi connectivity index (χ0) is 20.4. The fourth-order valence-corrected chi connectivity index (χ4v) is 3.23. The highest BCUT2D eigenvalue weighted by molar-refractivity contribution is 5.98. The lowest BCUT2D eigenvalue weighted by atomic mass is 9.88. The second-order valence-corrected chi connectivity index (χ2v) is 6.99. The van der Waals surface area contributed by atoms with E-state index < -0.39 is 30.0 Å². The molecule has 3 rings (SSSR count). The molecule has 0 bridgehead atoms. The molecule has 0 saturated carbocycles. The fraction of sp³-hybridized carbons (Fsp3) is 0.238. The number of aromatic nitrogens is 1. The lowest BCUT2D eigenvalue weighted by molar-refractivity contribution is -0.147. The van der Waals surface area contributed by atoms with Gasteiger partial charge in [-0.05, 0) is 31.0 Å². The zero-order valence-electron chi connectivity index (χ0n) is 15.1. The van der Waals surface area contributed by atoms with Crippen LogP contribution in [0.15, 0.2) is 60.7 Å². The van der Waals surface area contributed by atoms with Gasteiger partial charge in [0.25, 0.3) is 5.91 Å². The van der Waals surface area contributed by atoms with Gasteiger partial charge in [-0.1, -0.05) is 48.5 Å². The second-order valence-electron chi connectivity index (χ2n) is 6.99. The predicted octanol–water partition coefficient (Wildman–Crippen LogP) is 5.06. The van der Waals surface area contributed by atoms with E-state index in [1.807, 2.05) is 0 Å². The van der Waals surface area contributed by atoms with E-state index in [0.29, 0.717) is 16.5 Å². The highest BCUT2D eigenvalue weighted by atomic mass is 19.4. The Kier molecular flexibility index (Phi) is 5.36. The normalized spacial score (nSPS) is 13.9. The number of rotatable bonds is 5. The van der Waals surface area contributed by atoms with Crippen LogP contribution in [-0.2, 0) is 6.42 Å². The van der Waals surface area contributed by atoms with Gasteiger partial charge in [0, 0.05) is 5.39 Å². The first-order chi connectivity index (χ1) is 13.2. The maximum atomic E-state index is 14.3. The molecule has 2 aromatic carbocycles. The maximum Gasteiger partial charge on any atom is 0.391 e. The van der Waals surface area contributed by atoms with Crippen LogP contribution in [-0.4, -0.2) is 22.6 Å². The summed E-state index contributed by atoms with van der Waals surface area (Å²) in [5.41, 5.74) is -1.04. The molecular weight excluding hydrogens is 372 g/mol. The monoisotopic (exact) mass is 390 g/mol.